The van der Waals surface area contributed by atoms with Crippen LogP contribution in [0.15, 0.2) is 10.1 Å². The maximum atomic E-state index is 10.3. The molecule has 0 rings (SSSR count). The molecule has 0 aromatic heterocycles. The average Bonchev–Trinajstić information content (AvgIpc) is 1.64. The minimum atomic E-state index is -0.690. The van der Waals surface area contributed by atoms with Crippen molar-refractivity contribution in [2.24, 2.45) is 5.73 Å². The van der Waals surface area contributed by atoms with E-state index in [1.54, 1.807) is 0 Å². The number of nitrogens with two attached hydrogens (primary N) is 1. The van der Waals surface area contributed by atoms with Crippen molar-refractivity contribution in [1.29, 1.82) is 0 Å². The second-order valence-corrected chi connectivity index (χ2v) is 2.45. The molecule has 0 aliphatic heterocycles. The highest BCUT2D eigenvalue weighted by Gasteiger charge is 2.06. The Hall–Kier alpha value is 0.0800. The lowest BCUT2D eigenvalue weighted by molar-refractivity contribution is -0.114. The summed E-state index contributed by atoms with van der Waals surface area (Å²) in [5.74, 6) is -0.748. The van der Waals surface area contributed by atoms with Gasteiger partial charge in [-0.1, -0.05) is 23.2 Å². The molecule has 9 heavy (non-hydrogen) atoms. The van der Waals surface area contributed by atoms with Gasteiger partial charge < -0.3 is 5.73 Å². The van der Waals surface area contributed by atoms with Gasteiger partial charge in [-0.2, -0.15) is 0 Å². The molecule has 0 spiro atoms. The maximum Gasteiger partial charge on any atom is 0.248 e. The Kier molecular flexibility index (Phi) is 4.02. The van der Waals surface area contributed by atoms with Crippen LogP contribution in [0, 0.1) is 0 Å². The number of hydrogen-bond donors (Lipinski definition) is 1. The lowest BCUT2D eigenvalue weighted by atomic mass is 10.3. The number of primary amides is 1. The van der Waals surface area contributed by atoms with Gasteiger partial charge in [-0.05, 0) is 0 Å². The molecule has 5 heteroatoms. The van der Waals surface area contributed by atoms with Gasteiger partial charge in [-0.15, -0.1) is 11.6 Å². The van der Waals surface area contributed by atoms with Crippen molar-refractivity contribution in [2.45, 2.75) is 0 Å². The fourth-order valence-electron chi connectivity index (χ4n) is 0.209. The van der Waals surface area contributed by atoms with Crippen LogP contribution in [0.3, 0.4) is 0 Å². The summed E-state index contributed by atoms with van der Waals surface area (Å²) in [7, 11) is 0. The molecule has 0 fully saturated rings. The normalized spacial score (nSPS) is 8.78. The first-order valence-corrected chi connectivity index (χ1v) is 3.28. The zero-order chi connectivity index (χ0) is 7.44. The van der Waals surface area contributed by atoms with Gasteiger partial charge in [0.15, 0.2) is 0 Å². The molecule has 0 unspecified atom stereocenters. The Morgan fingerprint density at radius 3 is 1.89 bits per heavy atom. The van der Waals surface area contributed by atoms with Crippen LogP contribution < -0.4 is 5.73 Å². The monoisotopic (exact) mass is 187 g/mol. The van der Waals surface area contributed by atoms with Crippen LogP contribution in [0.5, 0.6) is 0 Å². The van der Waals surface area contributed by atoms with E-state index in [-0.39, 0.29) is 15.9 Å². The third-order valence-electron chi connectivity index (χ3n) is 0.659. The summed E-state index contributed by atoms with van der Waals surface area (Å²) in [5.41, 5.74) is 4.84. The molecule has 2 N–H and O–H groups in total. The topological polar surface area (TPSA) is 43.1 Å². The van der Waals surface area contributed by atoms with Crippen LogP contribution in [0.4, 0.5) is 0 Å². The quantitative estimate of drug-likeness (QED) is 0.517. The van der Waals surface area contributed by atoms with E-state index in [9.17, 15) is 4.79 Å². The van der Waals surface area contributed by atoms with Gasteiger partial charge in [0.1, 0.15) is 4.49 Å². The molecular formula is C4H4Cl3NO. The SMILES string of the molecule is NC(=O)C(CCl)=C(Cl)Cl. The molecular weight excluding hydrogens is 184 g/mol. The van der Waals surface area contributed by atoms with Crippen LogP contribution in [-0.4, -0.2) is 11.8 Å². The molecule has 0 bridgehead atoms. The highest BCUT2D eigenvalue weighted by Crippen LogP contribution is 2.14. The number of halogens is 3. The number of carbonyl (C=O) groups is 1. The fourth-order valence-corrected chi connectivity index (χ4v) is 0.932. The number of amides is 1. The fraction of sp³-hybridized carbons (Fsp3) is 0.250. The van der Waals surface area contributed by atoms with E-state index in [4.69, 9.17) is 40.5 Å². The van der Waals surface area contributed by atoms with Crippen LogP contribution in [0.1, 0.15) is 0 Å². The zero-order valence-corrected chi connectivity index (χ0v) is 6.59. The smallest absolute Gasteiger partial charge is 0.248 e. The summed E-state index contributed by atoms with van der Waals surface area (Å²) in [6.45, 7) is 0. The average molecular weight is 188 g/mol. The Morgan fingerprint density at radius 2 is 1.89 bits per heavy atom. The lowest BCUT2D eigenvalue weighted by Crippen LogP contribution is -2.15. The van der Waals surface area contributed by atoms with Crippen molar-refractivity contribution in [2.75, 3.05) is 5.88 Å². The van der Waals surface area contributed by atoms with Crippen molar-refractivity contribution in [3.8, 4) is 0 Å². The highest BCUT2D eigenvalue weighted by molar-refractivity contribution is 6.57. The van der Waals surface area contributed by atoms with Gasteiger partial charge >= 0.3 is 0 Å². The Balaban J connectivity index is 4.35. The molecule has 0 saturated carbocycles. The van der Waals surface area contributed by atoms with E-state index in [0.29, 0.717) is 0 Å². The summed E-state index contributed by atoms with van der Waals surface area (Å²) in [4.78, 5) is 10.3. The number of alkyl halides is 1. The molecule has 1 amide bonds. The van der Waals surface area contributed by atoms with Crippen LogP contribution >= 0.6 is 34.8 Å². The van der Waals surface area contributed by atoms with Crippen molar-refractivity contribution < 1.29 is 4.79 Å². The van der Waals surface area contributed by atoms with Crippen molar-refractivity contribution in [1.82, 2.24) is 0 Å². The first-order chi connectivity index (χ1) is 4.09. The van der Waals surface area contributed by atoms with E-state index < -0.39 is 5.91 Å². The Morgan fingerprint density at radius 1 is 1.44 bits per heavy atom. The molecule has 0 heterocycles. The standard InChI is InChI=1S/C4H4Cl3NO/c5-1-2(3(6)7)4(8)9/h1H2,(H2,8,9). The minimum Gasteiger partial charge on any atom is -0.366 e. The second-order valence-electron chi connectivity index (χ2n) is 1.24. The molecule has 0 radical (unpaired) electrons. The van der Waals surface area contributed by atoms with Crippen LogP contribution in [0.2, 0.25) is 0 Å². The third-order valence-corrected chi connectivity index (χ3v) is 1.38. The first-order valence-electron chi connectivity index (χ1n) is 1.99. The van der Waals surface area contributed by atoms with E-state index in [1.807, 2.05) is 0 Å². The predicted molar refractivity (Wildman–Crippen MR) is 38.6 cm³/mol. The highest BCUT2D eigenvalue weighted by atomic mass is 35.5. The van der Waals surface area contributed by atoms with Gasteiger partial charge in [0.25, 0.3) is 0 Å². The molecule has 2 nitrogen and oxygen atoms in total. The van der Waals surface area contributed by atoms with Crippen molar-refractivity contribution in [3.63, 3.8) is 0 Å². The van der Waals surface area contributed by atoms with E-state index in [0.717, 1.165) is 0 Å². The molecule has 0 atom stereocenters. The first kappa shape index (κ1) is 9.08. The third kappa shape index (κ3) is 2.94. The van der Waals surface area contributed by atoms with E-state index in [2.05, 4.69) is 0 Å². The van der Waals surface area contributed by atoms with E-state index in [1.165, 1.54) is 0 Å². The Labute approximate surface area is 67.6 Å². The van der Waals surface area contributed by atoms with Gasteiger partial charge in [-0.25, -0.2) is 0 Å². The van der Waals surface area contributed by atoms with E-state index >= 15 is 0 Å². The Bertz CT molecular complexity index is 150. The number of rotatable bonds is 2. The van der Waals surface area contributed by atoms with Gasteiger partial charge in [0.05, 0.1) is 11.5 Å². The van der Waals surface area contributed by atoms with Gasteiger partial charge in [-0.3, -0.25) is 4.79 Å². The summed E-state index contributed by atoms with van der Waals surface area (Å²) in [5, 5.41) is 0. The zero-order valence-electron chi connectivity index (χ0n) is 4.33. The molecule has 0 saturated heterocycles. The largest absolute Gasteiger partial charge is 0.366 e. The molecule has 52 valence electrons. The van der Waals surface area contributed by atoms with Gasteiger partial charge in [0.2, 0.25) is 5.91 Å². The molecule has 0 aliphatic rings. The number of carbonyl (C=O) groups excluding carboxylic acids is 1. The summed E-state index contributed by atoms with van der Waals surface area (Å²) < 4.78 is -0.169. The van der Waals surface area contributed by atoms with Crippen LogP contribution in [-0.2, 0) is 4.79 Å². The van der Waals surface area contributed by atoms with Crippen LogP contribution in [0.25, 0.3) is 0 Å². The molecule has 0 aromatic carbocycles. The minimum absolute atomic E-state index is 0.0417. The summed E-state index contributed by atoms with van der Waals surface area (Å²) in [6, 6.07) is 0. The van der Waals surface area contributed by atoms with Gasteiger partial charge in [0, 0.05) is 0 Å². The molecule has 0 aliphatic carbocycles. The number of hydrogen-bond acceptors (Lipinski definition) is 1. The summed E-state index contributed by atoms with van der Waals surface area (Å²) >= 11 is 15.6. The second kappa shape index (κ2) is 3.99. The summed E-state index contributed by atoms with van der Waals surface area (Å²) in [6.07, 6.45) is 0. The van der Waals surface area contributed by atoms with Crippen molar-refractivity contribution in [3.05, 3.63) is 10.1 Å². The lowest BCUT2D eigenvalue weighted by Gasteiger charge is -1.94. The predicted octanol–water partition coefficient (Wildman–Crippen LogP) is 1.40. The molecule has 0 aromatic rings. The van der Waals surface area contributed by atoms with Crippen molar-refractivity contribution >= 4 is 40.7 Å². The maximum absolute atomic E-state index is 10.3.